The SMILES string of the molecule is CCNCC(CCCOC)Cc1ccc(Cl)cc1. The summed E-state index contributed by atoms with van der Waals surface area (Å²) in [5.41, 5.74) is 1.36. The molecular formula is C15H24ClNO. The van der Waals surface area contributed by atoms with E-state index in [-0.39, 0.29) is 0 Å². The van der Waals surface area contributed by atoms with Gasteiger partial charge in [-0.15, -0.1) is 0 Å². The molecular weight excluding hydrogens is 246 g/mol. The van der Waals surface area contributed by atoms with E-state index >= 15 is 0 Å². The van der Waals surface area contributed by atoms with Crippen molar-refractivity contribution in [2.75, 3.05) is 26.8 Å². The van der Waals surface area contributed by atoms with Gasteiger partial charge in [0.25, 0.3) is 0 Å². The number of ether oxygens (including phenoxy) is 1. The van der Waals surface area contributed by atoms with Crippen LogP contribution in [0, 0.1) is 5.92 Å². The van der Waals surface area contributed by atoms with Crippen LogP contribution in [0.25, 0.3) is 0 Å². The highest BCUT2D eigenvalue weighted by molar-refractivity contribution is 6.30. The Balaban J connectivity index is 2.45. The van der Waals surface area contributed by atoms with E-state index < -0.39 is 0 Å². The second kappa shape index (κ2) is 9.37. The fraction of sp³-hybridized carbons (Fsp3) is 0.600. The van der Waals surface area contributed by atoms with Gasteiger partial charge in [0, 0.05) is 18.7 Å². The van der Waals surface area contributed by atoms with Crippen LogP contribution >= 0.6 is 11.6 Å². The van der Waals surface area contributed by atoms with E-state index in [0.29, 0.717) is 5.92 Å². The largest absolute Gasteiger partial charge is 0.385 e. The highest BCUT2D eigenvalue weighted by Gasteiger charge is 2.09. The lowest BCUT2D eigenvalue weighted by Gasteiger charge is -2.17. The fourth-order valence-corrected chi connectivity index (χ4v) is 2.22. The third-order valence-electron chi connectivity index (χ3n) is 3.08. The van der Waals surface area contributed by atoms with Crippen LogP contribution in [0.1, 0.15) is 25.3 Å². The molecule has 1 aromatic carbocycles. The highest BCUT2D eigenvalue weighted by Crippen LogP contribution is 2.16. The van der Waals surface area contributed by atoms with Gasteiger partial charge in [0.2, 0.25) is 0 Å². The van der Waals surface area contributed by atoms with Crippen LogP contribution in [0.4, 0.5) is 0 Å². The number of nitrogens with one attached hydrogen (secondary N) is 1. The molecule has 0 saturated heterocycles. The molecule has 0 radical (unpaired) electrons. The third-order valence-corrected chi connectivity index (χ3v) is 3.33. The topological polar surface area (TPSA) is 21.3 Å². The van der Waals surface area contributed by atoms with Crippen LogP contribution in [0.2, 0.25) is 5.02 Å². The highest BCUT2D eigenvalue weighted by atomic mass is 35.5. The molecule has 0 amide bonds. The number of methoxy groups -OCH3 is 1. The standard InChI is InChI=1S/C15H24ClNO/c1-3-17-12-14(5-4-10-18-2)11-13-6-8-15(16)9-7-13/h6-9,14,17H,3-5,10-12H2,1-2H3. The summed E-state index contributed by atoms with van der Waals surface area (Å²) < 4.78 is 5.12. The molecule has 0 spiro atoms. The van der Waals surface area contributed by atoms with E-state index in [4.69, 9.17) is 16.3 Å². The lowest BCUT2D eigenvalue weighted by atomic mass is 9.95. The molecule has 0 saturated carbocycles. The monoisotopic (exact) mass is 269 g/mol. The maximum absolute atomic E-state index is 5.91. The molecule has 0 aliphatic heterocycles. The molecule has 1 atom stereocenters. The van der Waals surface area contributed by atoms with E-state index in [1.165, 1.54) is 12.0 Å². The molecule has 0 aromatic heterocycles. The minimum absolute atomic E-state index is 0.668. The molecule has 18 heavy (non-hydrogen) atoms. The van der Waals surface area contributed by atoms with Crippen molar-refractivity contribution in [2.45, 2.75) is 26.2 Å². The molecule has 1 aromatic rings. The molecule has 0 aliphatic carbocycles. The van der Waals surface area contributed by atoms with Gasteiger partial charge in [-0.2, -0.15) is 0 Å². The number of hydrogen-bond donors (Lipinski definition) is 1. The molecule has 0 bridgehead atoms. The Kier molecular flexibility index (Phi) is 8.06. The van der Waals surface area contributed by atoms with E-state index in [0.717, 1.165) is 37.6 Å². The summed E-state index contributed by atoms with van der Waals surface area (Å²) >= 11 is 5.91. The minimum Gasteiger partial charge on any atom is -0.385 e. The molecule has 1 rings (SSSR count). The van der Waals surface area contributed by atoms with Crippen LogP contribution < -0.4 is 5.32 Å². The average Bonchev–Trinajstić information content (AvgIpc) is 2.38. The van der Waals surface area contributed by atoms with Gasteiger partial charge in [0.15, 0.2) is 0 Å². The van der Waals surface area contributed by atoms with Gasteiger partial charge >= 0.3 is 0 Å². The normalized spacial score (nSPS) is 12.6. The van der Waals surface area contributed by atoms with E-state index in [1.807, 2.05) is 12.1 Å². The summed E-state index contributed by atoms with van der Waals surface area (Å²) in [4.78, 5) is 0. The molecule has 3 heteroatoms. The lowest BCUT2D eigenvalue weighted by Crippen LogP contribution is -2.24. The number of benzene rings is 1. The quantitative estimate of drug-likeness (QED) is 0.693. The Hall–Kier alpha value is -0.570. The van der Waals surface area contributed by atoms with Crippen molar-refractivity contribution < 1.29 is 4.74 Å². The van der Waals surface area contributed by atoms with Crippen LogP contribution in [0.15, 0.2) is 24.3 Å². The van der Waals surface area contributed by atoms with Gasteiger partial charge in [-0.05, 0) is 56.0 Å². The zero-order chi connectivity index (χ0) is 13.2. The first kappa shape index (κ1) is 15.5. The van der Waals surface area contributed by atoms with E-state index in [9.17, 15) is 0 Å². The average molecular weight is 270 g/mol. The second-order valence-electron chi connectivity index (χ2n) is 4.64. The fourth-order valence-electron chi connectivity index (χ4n) is 2.09. The molecule has 2 nitrogen and oxygen atoms in total. The lowest BCUT2D eigenvalue weighted by molar-refractivity contribution is 0.186. The smallest absolute Gasteiger partial charge is 0.0462 e. The van der Waals surface area contributed by atoms with E-state index in [2.05, 4.69) is 24.4 Å². The summed E-state index contributed by atoms with van der Waals surface area (Å²) in [6.45, 7) is 5.10. The van der Waals surface area contributed by atoms with Crippen molar-refractivity contribution in [3.05, 3.63) is 34.9 Å². The number of hydrogen-bond acceptors (Lipinski definition) is 2. The van der Waals surface area contributed by atoms with Crippen molar-refractivity contribution in [1.82, 2.24) is 5.32 Å². The van der Waals surface area contributed by atoms with Crippen molar-refractivity contribution in [3.8, 4) is 0 Å². The van der Waals surface area contributed by atoms with Gasteiger partial charge in [-0.25, -0.2) is 0 Å². The summed E-state index contributed by atoms with van der Waals surface area (Å²) in [5, 5.41) is 4.25. The first-order chi connectivity index (χ1) is 8.76. The Morgan fingerprint density at radius 2 is 2.00 bits per heavy atom. The number of halogens is 1. The summed E-state index contributed by atoms with van der Waals surface area (Å²) in [7, 11) is 1.76. The van der Waals surface area contributed by atoms with Gasteiger partial charge in [0.05, 0.1) is 0 Å². The second-order valence-corrected chi connectivity index (χ2v) is 5.08. The van der Waals surface area contributed by atoms with Crippen molar-refractivity contribution in [2.24, 2.45) is 5.92 Å². The molecule has 102 valence electrons. The minimum atomic E-state index is 0.668. The Morgan fingerprint density at radius 3 is 2.61 bits per heavy atom. The van der Waals surface area contributed by atoms with E-state index in [1.54, 1.807) is 7.11 Å². The maximum atomic E-state index is 5.91. The predicted octanol–water partition coefficient (Wildman–Crippen LogP) is 3.53. The Labute approximate surface area is 116 Å². The van der Waals surface area contributed by atoms with Crippen LogP contribution in [0.3, 0.4) is 0 Å². The van der Waals surface area contributed by atoms with Crippen molar-refractivity contribution in [1.29, 1.82) is 0 Å². The molecule has 0 fully saturated rings. The molecule has 1 unspecified atom stereocenters. The maximum Gasteiger partial charge on any atom is 0.0462 e. The van der Waals surface area contributed by atoms with Crippen molar-refractivity contribution in [3.63, 3.8) is 0 Å². The zero-order valence-electron chi connectivity index (χ0n) is 11.4. The Bertz CT molecular complexity index is 313. The summed E-state index contributed by atoms with van der Waals surface area (Å²) in [5.74, 6) is 0.668. The summed E-state index contributed by atoms with van der Waals surface area (Å²) in [6, 6.07) is 8.18. The molecule has 1 N–H and O–H groups in total. The number of rotatable bonds is 9. The van der Waals surface area contributed by atoms with Gasteiger partial charge in [-0.1, -0.05) is 30.7 Å². The third kappa shape index (κ3) is 6.39. The first-order valence-corrected chi connectivity index (χ1v) is 7.08. The van der Waals surface area contributed by atoms with Gasteiger partial charge < -0.3 is 10.1 Å². The molecule has 0 aliphatic rings. The zero-order valence-corrected chi connectivity index (χ0v) is 12.2. The Morgan fingerprint density at radius 1 is 1.28 bits per heavy atom. The van der Waals surface area contributed by atoms with Crippen LogP contribution in [-0.4, -0.2) is 26.8 Å². The van der Waals surface area contributed by atoms with Crippen LogP contribution in [-0.2, 0) is 11.2 Å². The van der Waals surface area contributed by atoms with Gasteiger partial charge in [0.1, 0.15) is 0 Å². The predicted molar refractivity (Wildman–Crippen MR) is 78.3 cm³/mol. The molecule has 0 heterocycles. The van der Waals surface area contributed by atoms with Gasteiger partial charge in [-0.3, -0.25) is 0 Å². The van der Waals surface area contributed by atoms with Crippen LogP contribution in [0.5, 0.6) is 0 Å². The van der Waals surface area contributed by atoms with Crippen molar-refractivity contribution >= 4 is 11.6 Å². The summed E-state index contributed by atoms with van der Waals surface area (Å²) in [6.07, 6.45) is 3.43. The first-order valence-electron chi connectivity index (χ1n) is 6.70.